The van der Waals surface area contributed by atoms with Crippen molar-refractivity contribution in [3.05, 3.63) is 34.9 Å². The molecule has 1 aliphatic heterocycles. The second-order valence-electron chi connectivity index (χ2n) is 5.60. The van der Waals surface area contributed by atoms with E-state index >= 15 is 0 Å². The maximum absolute atomic E-state index is 3.48. The van der Waals surface area contributed by atoms with Gasteiger partial charge in [0.1, 0.15) is 0 Å². The Hall–Kier alpha value is -0.820. The number of fused-ring (bicyclic) bond motifs is 1. The Labute approximate surface area is 105 Å². The average molecular weight is 229 g/mol. The lowest BCUT2D eigenvalue weighted by Crippen LogP contribution is -2.25. The standard InChI is InChI=1S/C16H23N/c1-2-4-7-13(6-3-1)15-9-5-8-14-12-17-11-10-16(14)15/h5,8-9,13,17H,1-4,6-7,10-12H2. The summed E-state index contributed by atoms with van der Waals surface area (Å²) in [4.78, 5) is 0. The minimum absolute atomic E-state index is 0.852. The van der Waals surface area contributed by atoms with E-state index in [1.165, 1.54) is 44.9 Å². The van der Waals surface area contributed by atoms with Crippen LogP contribution in [0.5, 0.6) is 0 Å². The summed E-state index contributed by atoms with van der Waals surface area (Å²) in [5.74, 6) is 0.852. The topological polar surface area (TPSA) is 12.0 Å². The molecule has 1 saturated carbocycles. The number of hydrogen-bond donors (Lipinski definition) is 1. The van der Waals surface area contributed by atoms with Gasteiger partial charge in [-0.2, -0.15) is 0 Å². The molecule has 1 heteroatoms. The minimum Gasteiger partial charge on any atom is -0.312 e. The van der Waals surface area contributed by atoms with E-state index in [0.29, 0.717) is 0 Å². The summed E-state index contributed by atoms with van der Waals surface area (Å²) in [6.07, 6.45) is 9.86. The van der Waals surface area contributed by atoms with Gasteiger partial charge in [-0.1, -0.05) is 43.9 Å². The van der Waals surface area contributed by atoms with E-state index in [9.17, 15) is 0 Å². The quantitative estimate of drug-likeness (QED) is 0.723. The van der Waals surface area contributed by atoms with Crippen LogP contribution in [0, 0.1) is 0 Å². The average Bonchev–Trinajstić information content (AvgIpc) is 2.67. The summed E-state index contributed by atoms with van der Waals surface area (Å²) >= 11 is 0. The number of rotatable bonds is 1. The molecule has 0 bridgehead atoms. The second-order valence-corrected chi connectivity index (χ2v) is 5.60. The van der Waals surface area contributed by atoms with Crippen LogP contribution in [0.2, 0.25) is 0 Å². The normalized spacial score (nSPS) is 21.9. The van der Waals surface area contributed by atoms with Gasteiger partial charge in [-0.05, 0) is 48.4 Å². The maximum Gasteiger partial charge on any atom is 0.0208 e. The number of hydrogen-bond acceptors (Lipinski definition) is 1. The molecule has 0 amide bonds. The molecule has 1 aromatic rings. The van der Waals surface area contributed by atoms with Crippen molar-refractivity contribution < 1.29 is 0 Å². The second kappa shape index (κ2) is 5.22. The van der Waals surface area contributed by atoms with Gasteiger partial charge in [-0.15, -0.1) is 0 Å². The third-order valence-electron chi connectivity index (χ3n) is 4.47. The SMILES string of the molecule is c1cc2c(c(C3CCCCCC3)c1)CCNC2. The highest BCUT2D eigenvalue weighted by atomic mass is 14.9. The van der Waals surface area contributed by atoms with E-state index in [4.69, 9.17) is 0 Å². The van der Waals surface area contributed by atoms with Crippen LogP contribution in [0.4, 0.5) is 0 Å². The molecule has 17 heavy (non-hydrogen) atoms. The van der Waals surface area contributed by atoms with Crippen molar-refractivity contribution in [1.29, 1.82) is 0 Å². The molecule has 92 valence electrons. The van der Waals surface area contributed by atoms with Crippen molar-refractivity contribution >= 4 is 0 Å². The van der Waals surface area contributed by atoms with Crippen LogP contribution in [-0.4, -0.2) is 6.54 Å². The van der Waals surface area contributed by atoms with Gasteiger partial charge in [0.2, 0.25) is 0 Å². The molecule has 1 aliphatic carbocycles. The number of nitrogens with one attached hydrogen (secondary N) is 1. The largest absolute Gasteiger partial charge is 0.312 e. The monoisotopic (exact) mass is 229 g/mol. The van der Waals surface area contributed by atoms with Gasteiger partial charge in [-0.25, -0.2) is 0 Å². The summed E-state index contributed by atoms with van der Waals surface area (Å²) in [7, 11) is 0. The predicted molar refractivity (Wildman–Crippen MR) is 72.3 cm³/mol. The summed E-state index contributed by atoms with van der Waals surface area (Å²) < 4.78 is 0. The van der Waals surface area contributed by atoms with Crippen molar-refractivity contribution in [2.45, 2.75) is 57.4 Å². The lowest BCUT2D eigenvalue weighted by Gasteiger charge is -2.24. The van der Waals surface area contributed by atoms with Gasteiger partial charge in [0.15, 0.2) is 0 Å². The zero-order valence-electron chi connectivity index (χ0n) is 10.7. The molecule has 0 saturated heterocycles. The highest BCUT2D eigenvalue weighted by Crippen LogP contribution is 2.35. The lowest BCUT2D eigenvalue weighted by atomic mass is 9.84. The van der Waals surface area contributed by atoms with E-state index < -0.39 is 0 Å². The number of benzene rings is 1. The molecule has 0 aromatic heterocycles. The molecule has 0 unspecified atom stereocenters. The van der Waals surface area contributed by atoms with Crippen molar-refractivity contribution in [1.82, 2.24) is 5.32 Å². The van der Waals surface area contributed by atoms with E-state index in [-0.39, 0.29) is 0 Å². The molecule has 1 fully saturated rings. The fourth-order valence-electron chi connectivity index (χ4n) is 3.53. The Balaban J connectivity index is 1.90. The highest BCUT2D eigenvalue weighted by Gasteiger charge is 2.20. The fraction of sp³-hybridized carbons (Fsp3) is 0.625. The Morgan fingerprint density at radius 2 is 1.82 bits per heavy atom. The molecular weight excluding hydrogens is 206 g/mol. The molecule has 1 N–H and O–H groups in total. The molecule has 3 rings (SSSR count). The Kier molecular flexibility index (Phi) is 3.46. The van der Waals surface area contributed by atoms with Crippen LogP contribution in [0.3, 0.4) is 0 Å². The minimum atomic E-state index is 0.852. The first-order chi connectivity index (χ1) is 8.45. The van der Waals surface area contributed by atoms with Crippen molar-refractivity contribution in [3.8, 4) is 0 Å². The van der Waals surface area contributed by atoms with Gasteiger partial charge in [0, 0.05) is 6.54 Å². The van der Waals surface area contributed by atoms with Crippen molar-refractivity contribution in [2.24, 2.45) is 0 Å². The van der Waals surface area contributed by atoms with Gasteiger partial charge >= 0.3 is 0 Å². The van der Waals surface area contributed by atoms with E-state index in [1.807, 2.05) is 0 Å². The first-order valence-corrected chi connectivity index (χ1v) is 7.26. The van der Waals surface area contributed by atoms with E-state index in [2.05, 4.69) is 23.5 Å². The van der Waals surface area contributed by atoms with Crippen molar-refractivity contribution in [2.75, 3.05) is 6.54 Å². The van der Waals surface area contributed by atoms with Gasteiger partial charge in [0.25, 0.3) is 0 Å². The van der Waals surface area contributed by atoms with Crippen LogP contribution in [0.15, 0.2) is 18.2 Å². The summed E-state index contributed by atoms with van der Waals surface area (Å²) in [6, 6.07) is 6.98. The Morgan fingerprint density at radius 3 is 2.65 bits per heavy atom. The molecule has 1 aromatic carbocycles. The molecule has 0 radical (unpaired) electrons. The Bertz CT molecular complexity index is 375. The Morgan fingerprint density at radius 1 is 1.00 bits per heavy atom. The molecule has 1 heterocycles. The summed E-state index contributed by atoms with van der Waals surface area (Å²) in [6.45, 7) is 2.24. The summed E-state index contributed by atoms with van der Waals surface area (Å²) in [5.41, 5.74) is 4.92. The zero-order chi connectivity index (χ0) is 11.5. The fourth-order valence-corrected chi connectivity index (χ4v) is 3.53. The zero-order valence-corrected chi connectivity index (χ0v) is 10.7. The third-order valence-corrected chi connectivity index (χ3v) is 4.47. The predicted octanol–water partition coefficient (Wildman–Crippen LogP) is 3.77. The molecule has 1 nitrogen and oxygen atoms in total. The van der Waals surface area contributed by atoms with Crippen LogP contribution >= 0.6 is 0 Å². The molecule has 0 atom stereocenters. The first kappa shape index (κ1) is 11.3. The van der Waals surface area contributed by atoms with E-state index in [1.54, 1.807) is 16.7 Å². The van der Waals surface area contributed by atoms with Gasteiger partial charge < -0.3 is 5.32 Å². The van der Waals surface area contributed by atoms with E-state index in [0.717, 1.165) is 19.0 Å². The molecule has 2 aliphatic rings. The third kappa shape index (κ3) is 2.40. The van der Waals surface area contributed by atoms with Crippen molar-refractivity contribution in [3.63, 3.8) is 0 Å². The van der Waals surface area contributed by atoms with Crippen LogP contribution in [-0.2, 0) is 13.0 Å². The molecular formula is C16H23N. The first-order valence-electron chi connectivity index (χ1n) is 7.26. The lowest BCUT2D eigenvalue weighted by molar-refractivity contribution is 0.572. The van der Waals surface area contributed by atoms with Gasteiger partial charge in [0.05, 0.1) is 0 Å². The smallest absolute Gasteiger partial charge is 0.0208 e. The molecule has 0 spiro atoms. The van der Waals surface area contributed by atoms with Crippen LogP contribution in [0.1, 0.15) is 61.1 Å². The summed E-state index contributed by atoms with van der Waals surface area (Å²) in [5, 5.41) is 3.48. The maximum atomic E-state index is 3.48. The highest BCUT2D eigenvalue weighted by molar-refractivity contribution is 5.39. The van der Waals surface area contributed by atoms with Crippen LogP contribution < -0.4 is 5.32 Å². The van der Waals surface area contributed by atoms with Crippen LogP contribution in [0.25, 0.3) is 0 Å². The van der Waals surface area contributed by atoms with Gasteiger partial charge in [-0.3, -0.25) is 0 Å².